The number of alkyl halides is 3. The lowest BCUT2D eigenvalue weighted by molar-refractivity contribution is -0.137. The van der Waals surface area contributed by atoms with Gasteiger partial charge in [-0.25, -0.2) is 8.42 Å². The SMILES string of the molecule is O=C(c1cnn2c1CCCC2)N1CCN(S(=O)(=O)c2cccc(C(F)(F)F)c2)CC1. The third-order valence-corrected chi connectivity index (χ3v) is 7.43. The van der Waals surface area contributed by atoms with Crippen molar-refractivity contribution in [1.82, 2.24) is 19.0 Å². The van der Waals surface area contributed by atoms with Crippen molar-refractivity contribution in [2.45, 2.75) is 36.9 Å². The highest BCUT2D eigenvalue weighted by molar-refractivity contribution is 7.89. The van der Waals surface area contributed by atoms with E-state index in [1.807, 2.05) is 4.68 Å². The minimum absolute atomic E-state index is 0.0216. The van der Waals surface area contributed by atoms with Gasteiger partial charge in [-0.05, 0) is 37.5 Å². The summed E-state index contributed by atoms with van der Waals surface area (Å²) < 4.78 is 67.4. The van der Waals surface area contributed by atoms with E-state index in [-0.39, 0.29) is 32.1 Å². The molecule has 1 aromatic carbocycles. The highest BCUT2D eigenvalue weighted by Crippen LogP contribution is 2.31. The molecule has 1 aromatic heterocycles. The van der Waals surface area contributed by atoms with E-state index in [0.29, 0.717) is 11.6 Å². The van der Waals surface area contributed by atoms with Crippen molar-refractivity contribution in [3.05, 3.63) is 47.3 Å². The highest BCUT2D eigenvalue weighted by atomic mass is 32.2. The predicted octanol–water partition coefficient (Wildman–Crippen LogP) is 2.38. The Bertz CT molecular complexity index is 1060. The standard InChI is InChI=1S/C19H21F3N4O3S/c20-19(21,22)14-4-3-5-15(12-14)30(28,29)25-10-8-24(9-11-25)18(27)16-13-23-26-7-2-1-6-17(16)26/h3-5,12-13H,1-2,6-11H2. The number of rotatable bonds is 3. The average molecular weight is 442 g/mol. The van der Waals surface area contributed by atoms with Crippen molar-refractivity contribution in [1.29, 1.82) is 0 Å². The summed E-state index contributed by atoms with van der Waals surface area (Å²) in [6.07, 6.45) is -0.259. The molecule has 2 aliphatic rings. The summed E-state index contributed by atoms with van der Waals surface area (Å²) >= 11 is 0. The first kappa shape index (κ1) is 20.9. The lowest BCUT2D eigenvalue weighted by Crippen LogP contribution is -2.50. The van der Waals surface area contributed by atoms with Crippen LogP contribution in [0, 0.1) is 0 Å². The smallest absolute Gasteiger partial charge is 0.336 e. The zero-order valence-corrected chi connectivity index (χ0v) is 16.9. The van der Waals surface area contributed by atoms with Gasteiger partial charge in [0.25, 0.3) is 5.91 Å². The van der Waals surface area contributed by atoms with Crippen molar-refractivity contribution in [3.8, 4) is 0 Å². The summed E-state index contributed by atoms with van der Waals surface area (Å²) in [5, 5.41) is 4.27. The van der Waals surface area contributed by atoms with Crippen LogP contribution in [0.15, 0.2) is 35.4 Å². The zero-order chi connectivity index (χ0) is 21.5. The summed E-state index contributed by atoms with van der Waals surface area (Å²) in [7, 11) is -4.08. The topological polar surface area (TPSA) is 75.5 Å². The number of benzene rings is 1. The largest absolute Gasteiger partial charge is 0.416 e. The zero-order valence-electron chi connectivity index (χ0n) is 16.1. The van der Waals surface area contributed by atoms with Gasteiger partial charge in [-0.3, -0.25) is 9.48 Å². The molecular formula is C19H21F3N4O3S. The quantitative estimate of drug-likeness (QED) is 0.732. The van der Waals surface area contributed by atoms with Gasteiger partial charge in [-0.15, -0.1) is 0 Å². The third kappa shape index (κ3) is 3.83. The number of aryl methyl sites for hydroxylation is 1. The Morgan fingerprint density at radius 3 is 2.47 bits per heavy atom. The maximum absolute atomic E-state index is 12.9. The molecule has 1 amide bonds. The Hall–Kier alpha value is -2.40. The second kappa shape index (κ2) is 7.69. The minimum Gasteiger partial charge on any atom is -0.336 e. The lowest BCUT2D eigenvalue weighted by atomic mass is 10.1. The van der Waals surface area contributed by atoms with Crippen molar-refractivity contribution in [3.63, 3.8) is 0 Å². The third-order valence-electron chi connectivity index (χ3n) is 5.54. The van der Waals surface area contributed by atoms with E-state index < -0.39 is 26.7 Å². The molecule has 2 aliphatic heterocycles. The van der Waals surface area contributed by atoms with Crippen LogP contribution in [0.4, 0.5) is 13.2 Å². The van der Waals surface area contributed by atoms with E-state index in [1.165, 1.54) is 0 Å². The van der Waals surface area contributed by atoms with Gasteiger partial charge in [0.1, 0.15) is 0 Å². The first-order valence-corrected chi connectivity index (χ1v) is 11.1. The Labute approximate surface area is 172 Å². The van der Waals surface area contributed by atoms with Crippen molar-refractivity contribution >= 4 is 15.9 Å². The molecular weight excluding hydrogens is 421 g/mol. The number of hydrogen-bond donors (Lipinski definition) is 0. The summed E-state index contributed by atoms with van der Waals surface area (Å²) in [6.45, 7) is 1.16. The Morgan fingerprint density at radius 2 is 1.77 bits per heavy atom. The average Bonchev–Trinajstić information content (AvgIpc) is 3.17. The molecule has 30 heavy (non-hydrogen) atoms. The van der Waals surface area contributed by atoms with Gasteiger partial charge in [-0.1, -0.05) is 6.07 Å². The monoisotopic (exact) mass is 442 g/mol. The Morgan fingerprint density at radius 1 is 1.03 bits per heavy atom. The van der Waals surface area contributed by atoms with Crippen LogP contribution < -0.4 is 0 Å². The molecule has 11 heteroatoms. The van der Waals surface area contributed by atoms with E-state index in [4.69, 9.17) is 0 Å². The predicted molar refractivity (Wildman–Crippen MR) is 101 cm³/mol. The number of piperazine rings is 1. The molecule has 162 valence electrons. The van der Waals surface area contributed by atoms with Gasteiger partial charge in [0.05, 0.1) is 27.9 Å². The fraction of sp³-hybridized carbons (Fsp3) is 0.474. The van der Waals surface area contributed by atoms with Crippen LogP contribution in [-0.2, 0) is 29.2 Å². The summed E-state index contributed by atoms with van der Waals surface area (Å²) in [6, 6.07) is 3.72. The van der Waals surface area contributed by atoms with Crippen LogP contribution in [0.1, 0.15) is 34.5 Å². The van der Waals surface area contributed by atoms with Gasteiger partial charge < -0.3 is 4.90 Å². The highest BCUT2D eigenvalue weighted by Gasteiger charge is 2.35. The van der Waals surface area contributed by atoms with Gasteiger partial charge in [0.2, 0.25) is 10.0 Å². The number of aromatic nitrogens is 2. The van der Waals surface area contributed by atoms with E-state index in [1.54, 1.807) is 11.1 Å². The molecule has 0 bridgehead atoms. The van der Waals surface area contributed by atoms with Crippen LogP contribution in [0.3, 0.4) is 0 Å². The van der Waals surface area contributed by atoms with E-state index in [2.05, 4.69) is 5.10 Å². The van der Waals surface area contributed by atoms with Crippen molar-refractivity contribution in [2.24, 2.45) is 0 Å². The van der Waals surface area contributed by atoms with Gasteiger partial charge >= 0.3 is 6.18 Å². The van der Waals surface area contributed by atoms with Crippen LogP contribution in [0.5, 0.6) is 0 Å². The first-order valence-electron chi connectivity index (χ1n) is 9.69. The number of amides is 1. The molecule has 0 saturated carbocycles. The molecule has 1 fully saturated rings. The maximum atomic E-state index is 12.9. The number of carbonyl (C=O) groups excluding carboxylic acids is 1. The van der Waals surface area contributed by atoms with Crippen LogP contribution in [-0.4, -0.2) is 59.5 Å². The number of halogens is 3. The van der Waals surface area contributed by atoms with Gasteiger partial charge in [-0.2, -0.15) is 22.6 Å². The normalized spacial score (nSPS) is 18.3. The number of carbonyl (C=O) groups is 1. The minimum atomic E-state index is -4.62. The maximum Gasteiger partial charge on any atom is 0.416 e. The molecule has 0 radical (unpaired) electrons. The Balaban J connectivity index is 1.47. The molecule has 0 aliphatic carbocycles. The van der Waals surface area contributed by atoms with Gasteiger partial charge in [0.15, 0.2) is 0 Å². The lowest BCUT2D eigenvalue weighted by Gasteiger charge is -2.34. The number of sulfonamides is 1. The second-order valence-electron chi connectivity index (χ2n) is 7.41. The van der Waals surface area contributed by atoms with Crippen molar-refractivity contribution < 1.29 is 26.4 Å². The number of fused-ring (bicyclic) bond motifs is 1. The molecule has 0 unspecified atom stereocenters. The van der Waals surface area contributed by atoms with Crippen LogP contribution in [0.25, 0.3) is 0 Å². The van der Waals surface area contributed by atoms with E-state index in [9.17, 15) is 26.4 Å². The second-order valence-corrected chi connectivity index (χ2v) is 9.34. The van der Waals surface area contributed by atoms with Crippen LogP contribution in [0.2, 0.25) is 0 Å². The molecule has 7 nitrogen and oxygen atoms in total. The molecule has 3 heterocycles. The van der Waals surface area contributed by atoms with Gasteiger partial charge in [0, 0.05) is 32.7 Å². The molecule has 2 aromatic rings. The van der Waals surface area contributed by atoms with Crippen molar-refractivity contribution in [2.75, 3.05) is 26.2 Å². The molecule has 0 N–H and O–H groups in total. The fourth-order valence-corrected chi connectivity index (χ4v) is 5.35. The first-order chi connectivity index (χ1) is 14.2. The molecule has 1 saturated heterocycles. The van der Waals surface area contributed by atoms with E-state index >= 15 is 0 Å². The molecule has 0 atom stereocenters. The van der Waals surface area contributed by atoms with Crippen LogP contribution >= 0.6 is 0 Å². The fourth-order valence-electron chi connectivity index (χ4n) is 3.88. The molecule has 0 spiro atoms. The summed E-state index contributed by atoms with van der Waals surface area (Å²) in [4.78, 5) is 14.1. The summed E-state index contributed by atoms with van der Waals surface area (Å²) in [5.41, 5.74) is 0.442. The summed E-state index contributed by atoms with van der Waals surface area (Å²) in [5.74, 6) is -0.186. The Kier molecular flexibility index (Phi) is 5.35. The van der Waals surface area contributed by atoms with E-state index in [0.717, 1.165) is 54.0 Å². The number of hydrogen-bond acceptors (Lipinski definition) is 4. The number of nitrogens with zero attached hydrogens (tertiary/aromatic N) is 4. The molecule has 4 rings (SSSR count).